The van der Waals surface area contributed by atoms with Crippen LogP contribution in [0, 0.1) is 0 Å². The van der Waals surface area contributed by atoms with Gasteiger partial charge in [0.15, 0.2) is 5.82 Å². The first kappa shape index (κ1) is 31.4. The first-order valence-electron chi connectivity index (χ1n) is 15.9. The Morgan fingerprint density at radius 3 is 2.55 bits per heavy atom. The van der Waals surface area contributed by atoms with Gasteiger partial charge in [0.05, 0.1) is 16.8 Å². The highest BCUT2D eigenvalue weighted by molar-refractivity contribution is 6.07. The van der Waals surface area contributed by atoms with Gasteiger partial charge in [0.25, 0.3) is 5.91 Å². The molecule has 2 aliphatic rings. The molecule has 0 radical (unpaired) electrons. The standard InChI is InChI=1S/C35H33N7O7/c1-4-28(45)36-23-7-5-6-20-30(23)33(42(34(20)48)25-10-11-29(46)37-32(25)47)40-13-12-18-14-19(8-9-24(18)40)41-31(38-39-35(41)49)22-15-21(17(2)3)26(43)16-27(22)44/h5-9,12-17,25,33,43-44H,4,10-11H2,1-3H3,(H,36,45)(H,39,49)(H,37,46,47). The molecule has 3 aromatic carbocycles. The molecule has 2 aromatic heterocycles. The zero-order chi connectivity index (χ0) is 34.7. The minimum Gasteiger partial charge on any atom is -0.508 e. The molecule has 5 aromatic rings. The summed E-state index contributed by atoms with van der Waals surface area (Å²) in [7, 11) is 0. The number of piperidine rings is 1. The van der Waals surface area contributed by atoms with Crippen LogP contribution in [-0.2, 0) is 14.4 Å². The van der Waals surface area contributed by atoms with Gasteiger partial charge in [-0.05, 0) is 60.4 Å². The predicted molar refractivity (Wildman–Crippen MR) is 178 cm³/mol. The molecule has 250 valence electrons. The van der Waals surface area contributed by atoms with E-state index in [2.05, 4.69) is 20.8 Å². The molecule has 5 N–H and O–H groups in total. The number of rotatable bonds is 7. The number of phenols is 2. The van der Waals surface area contributed by atoms with Crippen LogP contribution < -0.4 is 16.3 Å². The van der Waals surface area contributed by atoms with Crippen LogP contribution in [0.5, 0.6) is 11.5 Å². The Kier molecular flexibility index (Phi) is 7.57. The second-order valence-corrected chi connectivity index (χ2v) is 12.5. The van der Waals surface area contributed by atoms with Crippen molar-refractivity contribution in [2.45, 2.75) is 58.2 Å². The van der Waals surface area contributed by atoms with Crippen LogP contribution in [0.2, 0.25) is 0 Å². The first-order chi connectivity index (χ1) is 23.5. The number of aromatic hydroxyl groups is 2. The number of H-pyrrole nitrogens is 1. The molecule has 2 atom stereocenters. The summed E-state index contributed by atoms with van der Waals surface area (Å²) in [6.07, 6.45) is 1.31. The molecular weight excluding hydrogens is 630 g/mol. The number of phenolic OH excluding ortho intramolecular Hbond substituents is 2. The van der Waals surface area contributed by atoms with Crippen LogP contribution in [-0.4, -0.2) is 64.1 Å². The second kappa shape index (κ2) is 11.8. The average molecular weight is 664 g/mol. The summed E-state index contributed by atoms with van der Waals surface area (Å²) in [6.45, 7) is 5.51. The van der Waals surface area contributed by atoms with E-state index in [4.69, 9.17) is 0 Å². The van der Waals surface area contributed by atoms with Gasteiger partial charge in [-0.15, -0.1) is 0 Å². The van der Waals surface area contributed by atoms with Gasteiger partial charge in [-0.25, -0.2) is 14.5 Å². The molecule has 4 amide bonds. The molecule has 0 bridgehead atoms. The van der Waals surface area contributed by atoms with Crippen LogP contribution in [0.1, 0.15) is 73.6 Å². The third-order valence-electron chi connectivity index (χ3n) is 9.14. The van der Waals surface area contributed by atoms with Gasteiger partial charge < -0.3 is 25.0 Å². The van der Waals surface area contributed by atoms with E-state index in [-0.39, 0.29) is 54.0 Å². The van der Waals surface area contributed by atoms with E-state index in [0.717, 1.165) is 0 Å². The number of carbonyl (C=O) groups excluding carboxylic acids is 4. The van der Waals surface area contributed by atoms with Crippen molar-refractivity contribution in [2.75, 3.05) is 5.32 Å². The zero-order valence-corrected chi connectivity index (χ0v) is 26.9. The fourth-order valence-corrected chi connectivity index (χ4v) is 6.76. The van der Waals surface area contributed by atoms with E-state index < -0.39 is 35.6 Å². The number of benzene rings is 3. The van der Waals surface area contributed by atoms with Crippen molar-refractivity contribution >= 4 is 40.2 Å². The third-order valence-corrected chi connectivity index (χ3v) is 9.14. The van der Waals surface area contributed by atoms with Crippen molar-refractivity contribution in [1.29, 1.82) is 0 Å². The summed E-state index contributed by atoms with van der Waals surface area (Å²) in [4.78, 5) is 66.4. The number of nitrogens with zero attached hydrogens (tertiary/aromatic N) is 4. The van der Waals surface area contributed by atoms with Crippen LogP contribution >= 0.6 is 0 Å². The van der Waals surface area contributed by atoms with Gasteiger partial charge in [-0.1, -0.05) is 26.8 Å². The molecule has 14 heteroatoms. The number of fused-ring (bicyclic) bond motifs is 2. The lowest BCUT2D eigenvalue weighted by Crippen LogP contribution is -2.54. The molecule has 7 rings (SSSR count). The summed E-state index contributed by atoms with van der Waals surface area (Å²) >= 11 is 0. The quantitative estimate of drug-likeness (QED) is 0.162. The summed E-state index contributed by atoms with van der Waals surface area (Å²) in [5.41, 5.74) is 2.62. The highest BCUT2D eigenvalue weighted by Gasteiger charge is 2.47. The van der Waals surface area contributed by atoms with Crippen molar-refractivity contribution in [3.05, 3.63) is 88.0 Å². The monoisotopic (exact) mass is 663 g/mol. The number of aromatic nitrogens is 4. The van der Waals surface area contributed by atoms with Gasteiger partial charge in [0.1, 0.15) is 23.7 Å². The Bertz CT molecular complexity index is 2260. The zero-order valence-electron chi connectivity index (χ0n) is 26.9. The number of carbonyl (C=O) groups is 4. The summed E-state index contributed by atoms with van der Waals surface area (Å²) < 4.78 is 3.14. The average Bonchev–Trinajstić information content (AvgIpc) is 3.74. The molecular formula is C35H33N7O7. The van der Waals surface area contributed by atoms with E-state index >= 15 is 0 Å². The van der Waals surface area contributed by atoms with Crippen molar-refractivity contribution in [3.8, 4) is 28.6 Å². The maximum atomic E-state index is 14.1. The van der Waals surface area contributed by atoms with E-state index in [1.54, 1.807) is 61.7 Å². The lowest BCUT2D eigenvalue weighted by molar-refractivity contribution is -0.137. The van der Waals surface area contributed by atoms with Crippen LogP contribution in [0.3, 0.4) is 0 Å². The van der Waals surface area contributed by atoms with Gasteiger partial charge in [0, 0.05) is 47.3 Å². The maximum absolute atomic E-state index is 14.1. The van der Waals surface area contributed by atoms with Gasteiger partial charge >= 0.3 is 5.69 Å². The molecule has 0 aliphatic carbocycles. The van der Waals surface area contributed by atoms with Crippen molar-refractivity contribution in [1.82, 2.24) is 29.5 Å². The molecule has 2 aliphatic heterocycles. The third kappa shape index (κ3) is 5.12. The number of aromatic amines is 1. The minimum absolute atomic E-state index is 0.0650. The lowest BCUT2D eigenvalue weighted by Gasteiger charge is -2.35. The Morgan fingerprint density at radius 1 is 1.02 bits per heavy atom. The molecule has 1 saturated heterocycles. The summed E-state index contributed by atoms with van der Waals surface area (Å²) in [5, 5.41) is 33.7. The molecule has 14 nitrogen and oxygen atoms in total. The number of amides is 4. The van der Waals surface area contributed by atoms with Crippen molar-refractivity contribution < 1.29 is 29.4 Å². The normalized spacial score (nSPS) is 17.6. The second-order valence-electron chi connectivity index (χ2n) is 12.5. The van der Waals surface area contributed by atoms with Crippen LogP contribution in [0.4, 0.5) is 5.69 Å². The van der Waals surface area contributed by atoms with E-state index in [9.17, 15) is 34.2 Å². The van der Waals surface area contributed by atoms with Crippen LogP contribution in [0.15, 0.2) is 65.6 Å². The highest BCUT2D eigenvalue weighted by atomic mass is 16.3. The van der Waals surface area contributed by atoms with Gasteiger partial charge in [0.2, 0.25) is 17.7 Å². The maximum Gasteiger partial charge on any atom is 0.348 e. The predicted octanol–water partition coefficient (Wildman–Crippen LogP) is 3.87. The van der Waals surface area contributed by atoms with Gasteiger partial charge in [-0.2, -0.15) is 5.10 Å². The largest absolute Gasteiger partial charge is 0.508 e. The Hall–Kier alpha value is -6.18. The minimum atomic E-state index is -0.949. The highest BCUT2D eigenvalue weighted by Crippen LogP contribution is 2.44. The topological polar surface area (TPSA) is 192 Å². The van der Waals surface area contributed by atoms with Gasteiger partial charge in [-0.3, -0.25) is 24.5 Å². The number of hydrogen-bond acceptors (Lipinski definition) is 8. The van der Waals surface area contributed by atoms with Crippen LogP contribution in [0.25, 0.3) is 28.0 Å². The van der Waals surface area contributed by atoms with E-state index in [1.165, 1.54) is 15.5 Å². The smallest absolute Gasteiger partial charge is 0.348 e. The van der Waals surface area contributed by atoms with E-state index in [1.807, 2.05) is 18.4 Å². The molecule has 0 saturated carbocycles. The molecule has 4 heterocycles. The Morgan fingerprint density at radius 2 is 1.82 bits per heavy atom. The van der Waals surface area contributed by atoms with Crippen molar-refractivity contribution in [3.63, 3.8) is 0 Å². The fraction of sp³-hybridized carbons (Fsp3) is 0.257. The SMILES string of the molecule is CCC(=O)Nc1cccc2c1C(n1ccc3cc(-n4c(-c5cc(C(C)C)c(O)cc5O)n[nH]c4=O)ccc31)N(C1CCC(=O)NC1=O)C2=O. The number of hydrogen-bond donors (Lipinski definition) is 5. The summed E-state index contributed by atoms with van der Waals surface area (Å²) in [5.74, 6) is -1.90. The molecule has 1 fully saturated rings. The lowest BCUT2D eigenvalue weighted by atomic mass is 9.98. The Balaban J connectivity index is 1.37. The first-order valence-corrected chi connectivity index (χ1v) is 15.9. The summed E-state index contributed by atoms with van der Waals surface area (Å²) in [6, 6.07) is 13.9. The molecule has 0 spiro atoms. The number of anilines is 1. The van der Waals surface area contributed by atoms with Crippen molar-refractivity contribution in [2.24, 2.45) is 0 Å². The molecule has 49 heavy (non-hydrogen) atoms. The fourth-order valence-electron chi connectivity index (χ4n) is 6.76. The van der Waals surface area contributed by atoms with E-state index in [0.29, 0.717) is 39.0 Å². The number of imide groups is 1. The number of nitrogens with one attached hydrogen (secondary N) is 3. The Labute approximate surface area is 279 Å². The molecule has 2 unspecified atom stereocenters.